The van der Waals surface area contributed by atoms with Crippen LogP contribution in [-0.4, -0.2) is 23.0 Å². The molecule has 1 N–H and O–H groups in total. The first-order valence-corrected chi connectivity index (χ1v) is 12.8. The second kappa shape index (κ2) is 9.21. The molecule has 5 nitrogen and oxygen atoms in total. The van der Waals surface area contributed by atoms with E-state index in [1.165, 1.54) is 35.3 Å². The lowest BCUT2D eigenvalue weighted by molar-refractivity contribution is 0.102. The van der Waals surface area contributed by atoms with Crippen LogP contribution >= 0.6 is 11.3 Å². The number of carbonyl (C=O) groups excluding carboxylic acids is 1. The molecule has 5 aromatic rings. The summed E-state index contributed by atoms with van der Waals surface area (Å²) >= 11 is 1.47. The first-order valence-electron chi connectivity index (χ1n) is 12.0. The normalized spacial score (nSPS) is 13.1. The van der Waals surface area contributed by atoms with Crippen LogP contribution in [0.5, 0.6) is 5.75 Å². The summed E-state index contributed by atoms with van der Waals surface area (Å²) in [4.78, 5) is 22.4. The maximum Gasteiger partial charge on any atom is 0.259 e. The number of aromatic nitrogens is 2. The second-order valence-electron chi connectivity index (χ2n) is 9.12. The van der Waals surface area contributed by atoms with Crippen LogP contribution in [0.15, 0.2) is 79.0 Å². The summed E-state index contributed by atoms with van der Waals surface area (Å²) in [5.74, 6) is 1.20. The smallest absolute Gasteiger partial charge is 0.259 e. The number of rotatable bonds is 6. The molecule has 0 aliphatic heterocycles. The van der Waals surface area contributed by atoms with E-state index in [1.54, 1.807) is 13.3 Å². The molecule has 1 aliphatic carbocycles. The number of hydrogen-bond donors (Lipinski definition) is 1. The number of thiazole rings is 1. The zero-order chi connectivity index (χ0) is 24.6. The number of pyridine rings is 1. The Morgan fingerprint density at radius 3 is 2.53 bits per heavy atom. The van der Waals surface area contributed by atoms with E-state index in [0.717, 1.165) is 38.5 Å². The van der Waals surface area contributed by atoms with Crippen molar-refractivity contribution >= 4 is 32.6 Å². The van der Waals surface area contributed by atoms with Crippen LogP contribution in [0.1, 0.15) is 40.4 Å². The quantitative estimate of drug-likeness (QED) is 0.268. The SMILES string of the molecule is COc1ccccc1-c1cc(C)ncc1C(=O)Nc1nc2ccc(-c3ccc(C4CC4)cc3)cc2s1. The van der Waals surface area contributed by atoms with Gasteiger partial charge in [0.25, 0.3) is 5.91 Å². The van der Waals surface area contributed by atoms with Crippen molar-refractivity contribution in [1.29, 1.82) is 0 Å². The van der Waals surface area contributed by atoms with E-state index in [0.29, 0.717) is 16.4 Å². The number of fused-ring (bicyclic) bond motifs is 1. The minimum absolute atomic E-state index is 0.252. The van der Waals surface area contributed by atoms with Crippen molar-refractivity contribution in [3.05, 3.63) is 95.8 Å². The molecule has 1 saturated carbocycles. The Balaban J connectivity index is 1.28. The number of nitrogens with one attached hydrogen (secondary N) is 1. The van der Waals surface area contributed by atoms with Crippen molar-refractivity contribution in [2.75, 3.05) is 12.4 Å². The molecule has 6 heteroatoms. The third kappa shape index (κ3) is 4.36. The number of anilines is 1. The number of hydrogen-bond acceptors (Lipinski definition) is 5. The average molecular weight is 492 g/mol. The fraction of sp³-hybridized carbons (Fsp3) is 0.167. The fourth-order valence-electron chi connectivity index (χ4n) is 4.52. The predicted molar refractivity (Wildman–Crippen MR) is 146 cm³/mol. The molecule has 0 bridgehead atoms. The molecule has 36 heavy (non-hydrogen) atoms. The second-order valence-corrected chi connectivity index (χ2v) is 10.2. The van der Waals surface area contributed by atoms with Gasteiger partial charge in [-0.25, -0.2) is 4.98 Å². The van der Waals surface area contributed by atoms with Gasteiger partial charge in [0.05, 0.1) is 22.9 Å². The summed E-state index contributed by atoms with van der Waals surface area (Å²) in [6.07, 6.45) is 4.22. The van der Waals surface area contributed by atoms with Crippen LogP contribution in [0.2, 0.25) is 0 Å². The lowest BCUT2D eigenvalue weighted by Crippen LogP contribution is -2.14. The maximum atomic E-state index is 13.4. The minimum Gasteiger partial charge on any atom is -0.496 e. The van der Waals surface area contributed by atoms with Crippen molar-refractivity contribution in [3.63, 3.8) is 0 Å². The van der Waals surface area contributed by atoms with Crippen molar-refractivity contribution in [2.45, 2.75) is 25.7 Å². The maximum absolute atomic E-state index is 13.4. The zero-order valence-electron chi connectivity index (χ0n) is 20.1. The summed E-state index contributed by atoms with van der Waals surface area (Å²) < 4.78 is 6.57. The van der Waals surface area contributed by atoms with E-state index >= 15 is 0 Å². The van der Waals surface area contributed by atoms with Crippen molar-refractivity contribution in [3.8, 4) is 28.0 Å². The molecule has 178 valence electrons. The Kier molecular flexibility index (Phi) is 5.74. The third-order valence-corrected chi connectivity index (χ3v) is 7.52. The molecule has 1 fully saturated rings. The van der Waals surface area contributed by atoms with Gasteiger partial charge in [0.1, 0.15) is 5.75 Å². The highest BCUT2D eigenvalue weighted by Crippen LogP contribution is 2.41. The summed E-state index contributed by atoms with van der Waals surface area (Å²) in [7, 11) is 1.63. The first-order chi connectivity index (χ1) is 17.6. The Morgan fingerprint density at radius 1 is 0.972 bits per heavy atom. The van der Waals surface area contributed by atoms with Crippen LogP contribution < -0.4 is 10.1 Å². The van der Waals surface area contributed by atoms with Gasteiger partial charge in [0.2, 0.25) is 0 Å². The molecule has 3 aromatic carbocycles. The monoisotopic (exact) mass is 491 g/mol. The van der Waals surface area contributed by atoms with Crippen molar-refractivity contribution in [1.82, 2.24) is 9.97 Å². The van der Waals surface area contributed by atoms with Crippen LogP contribution in [0.3, 0.4) is 0 Å². The Morgan fingerprint density at radius 2 is 1.75 bits per heavy atom. The highest BCUT2D eigenvalue weighted by Gasteiger charge is 2.23. The first kappa shape index (κ1) is 22.4. The van der Waals surface area contributed by atoms with Gasteiger partial charge in [0.15, 0.2) is 5.13 Å². The van der Waals surface area contributed by atoms with Gasteiger partial charge in [-0.2, -0.15) is 0 Å². The van der Waals surface area contributed by atoms with Crippen LogP contribution in [0.4, 0.5) is 5.13 Å². The molecule has 6 rings (SSSR count). The molecule has 2 aromatic heterocycles. The molecular formula is C30H25N3O2S. The standard InChI is InChI=1S/C30H25N3O2S/c1-18-15-24(23-5-3-4-6-27(23)35-2)25(17-31-18)29(34)33-30-32-26-14-13-22(16-28(26)36-30)21-11-9-20(10-12-21)19-7-8-19/h3-6,9-17,19H,7-8H2,1-2H3,(H,32,33,34). The number of amides is 1. The Bertz CT molecular complexity index is 1590. The van der Waals surface area contributed by atoms with Gasteiger partial charge in [-0.1, -0.05) is 59.9 Å². The zero-order valence-corrected chi connectivity index (χ0v) is 20.9. The average Bonchev–Trinajstić information content (AvgIpc) is 3.68. The number of methoxy groups -OCH3 is 1. The van der Waals surface area contributed by atoms with Crippen molar-refractivity contribution in [2.24, 2.45) is 0 Å². The Labute approximate surface area is 213 Å². The van der Waals surface area contributed by atoms with Gasteiger partial charge in [-0.05, 0) is 66.6 Å². The van der Waals surface area contributed by atoms with E-state index in [2.05, 4.69) is 51.7 Å². The Hall–Kier alpha value is -4.03. The van der Waals surface area contributed by atoms with Gasteiger partial charge in [0, 0.05) is 23.0 Å². The molecule has 0 radical (unpaired) electrons. The predicted octanol–water partition coefficient (Wildman–Crippen LogP) is 7.47. The molecule has 1 aliphatic rings. The summed E-state index contributed by atoms with van der Waals surface area (Å²) in [6, 6.07) is 24.7. The lowest BCUT2D eigenvalue weighted by atomic mass is 9.99. The van der Waals surface area contributed by atoms with Gasteiger partial charge < -0.3 is 4.74 Å². The molecule has 0 atom stereocenters. The van der Waals surface area contributed by atoms with E-state index in [4.69, 9.17) is 4.74 Å². The number of ether oxygens (including phenoxy) is 1. The topological polar surface area (TPSA) is 64.1 Å². The van der Waals surface area contributed by atoms with E-state index in [1.807, 2.05) is 43.3 Å². The highest BCUT2D eigenvalue weighted by atomic mass is 32.1. The van der Waals surface area contributed by atoms with Crippen LogP contribution in [0.25, 0.3) is 32.5 Å². The van der Waals surface area contributed by atoms with Crippen LogP contribution in [-0.2, 0) is 0 Å². The number of nitrogens with zero attached hydrogens (tertiary/aromatic N) is 2. The summed E-state index contributed by atoms with van der Waals surface area (Å²) in [6.45, 7) is 1.91. The molecule has 0 unspecified atom stereocenters. The number of carbonyl (C=O) groups is 1. The van der Waals surface area contributed by atoms with Gasteiger partial charge >= 0.3 is 0 Å². The molecule has 0 saturated heterocycles. The molecule has 2 heterocycles. The van der Waals surface area contributed by atoms with E-state index in [-0.39, 0.29) is 5.91 Å². The van der Waals surface area contributed by atoms with Gasteiger partial charge in [-0.3, -0.25) is 15.1 Å². The third-order valence-electron chi connectivity index (χ3n) is 6.58. The summed E-state index contributed by atoms with van der Waals surface area (Å²) in [5, 5.41) is 3.55. The fourth-order valence-corrected chi connectivity index (χ4v) is 5.42. The van der Waals surface area contributed by atoms with Crippen LogP contribution in [0, 0.1) is 6.92 Å². The van der Waals surface area contributed by atoms with Crippen molar-refractivity contribution < 1.29 is 9.53 Å². The minimum atomic E-state index is -0.252. The molecular weight excluding hydrogens is 466 g/mol. The number of benzene rings is 3. The summed E-state index contributed by atoms with van der Waals surface area (Å²) in [5.41, 5.74) is 7.54. The molecule has 0 spiro atoms. The van der Waals surface area contributed by atoms with E-state index < -0.39 is 0 Å². The van der Waals surface area contributed by atoms with E-state index in [9.17, 15) is 4.79 Å². The molecule has 1 amide bonds. The highest BCUT2D eigenvalue weighted by molar-refractivity contribution is 7.22. The van der Waals surface area contributed by atoms with Gasteiger partial charge in [-0.15, -0.1) is 0 Å². The lowest BCUT2D eigenvalue weighted by Gasteiger charge is -2.13. The largest absolute Gasteiger partial charge is 0.496 e. The number of para-hydroxylation sites is 1. The number of aryl methyl sites for hydroxylation is 1.